The van der Waals surface area contributed by atoms with Gasteiger partial charge in [0, 0.05) is 54.2 Å². The number of hydrogen-bond donors (Lipinski definition) is 0. The van der Waals surface area contributed by atoms with Gasteiger partial charge in [-0.15, -0.1) is 11.3 Å². The maximum absolute atomic E-state index is 2.74. The molecule has 2 nitrogen and oxygen atoms in total. The van der Waals surface area contributed by atoms with Crippen molar-refractivity contribution >= 4 is 88.7 Å². The summed E-state index contributed by atoms with van der Waals surface area (Å²) in [4.78, 5) is 5.47. The second-order valence-electron chi connectivity index (χ2n) is 28.0. The summed E-state index contributed by atoms with van der Waals surface area (Å²) in [5, 5.41) is 2.68. The van der Waals surface area contributed by atoms with Crippen LogP contribution in [-0.4, -0.2) is 6.71 Å². The fourth-order valence-corrected chi connectivity index (χ4v) is 15.7. The summed E-state index contributed by atoms with van der Waals surface area (Å²) < 4.78 is 2.67. The minimum absolute atomic E-state index is 0.0130. The van der Waals surface area contributed by atoms with Crippen molar-refractivity contribution in [1.82, 2.24) is 0 Å². The van der Waals surface area contributed by atoms with Crippen LogP contribution in [0, 0.1) is 6.92 Å². The third kappa shape index (κ3) is 7.39. The summed E-state index contributed by atoms with van der Waals surface area (Å²) in [6.07, 6.45) is 3.43. The van der Waals surface area contributed by atoms with Gasteiger partial charge in [0.25, 0.3) is 6.71 Å². The number of anilines is 6. The van der Waals surface area contributed by atoms with Crippen LogP contribution in [0.5, 0.6) is 0 Å². The number of rotatable bonds is 4. The van der Waals surface area contributed by atoms with E-state index < -0.39 is 0 Å². The second kappa shape index (κ2) is 16.3. The SMILES string of the molecule is Cc1cc2c(cc1N1c3cc(-c4cccc5sc6ccccc6c45)ccc3B3c4cc5c(cc4N(c4ccc(C(C)(C)C)cc4-c4ccccc4)c4cc(C(C)(C)C)cc1c43)C(C)(C)CCC5(C)C)C(C)(C)CC2(C)C. The van der Waals surface area contributed by atoms with E-state index in [4.69, 9.17) is 0 Å². The van der Waals surface area contributed by atoms with Crippen LogP contribution in [0.25, 0.3) is 42.4 Å². The molecule has 0 saturated heterocycles. The largest absolute Gasteiger partial charge is 0.311 e. The first-order valence-electron chi connectivity index (χ1n) is 28.2. The van der Waals surface area contributed by atoms with Crippen molar-refractivity contribution in [2.75, 3.05) is 9.80 Å². The van der Waals surface area contributed by atoms with Crippen LogP contribution >= 0.6 is 11.3 Å². The van der Waals surface area contributed by atoms with E-state index in [-0.39, 0.29) is 39.2 Å². The van der Waals surface area contributed by atoms with Gasteiger partial charge in [-0.3, -0.25) is 0 Å². The number of hydrogen-bond acceptors (Lipinski definition) is 3. The lowest BCUT2D eigenvalue weighted by molar-refractivity contribution is 0.332. The Labute approximate surface area is 458 Å². The lowest BCUT2D eigenvalue weighted by Crippen LogP contribution is -2.62. The van der Waals surface area contributed by atoms with E-state index in [0.29, 0.717) is 0 Å². The van der Waals surface area contributed by atoms with Crippen molar-refractivity contribution < 1.29 is 0 Å². The molecule has 0 amide bonds. The van der Waals surface area contributed by atoms with Crippen molar-refractivity contribution in [3.8, 4) is 22.3 Å². The maximum Gasteiger partial charge on any atom is 0.252 e. The van der Waals surface area contributed by atoms with Crippen molar-refractivity contribution in [3.05, 3.63) is 185 Å². The van der Waals surface area contributed by atoms with Crippen LogP contribution in [0.3, 0.4) is 0 Å². The van der Waals surface area contributed by atoms with Crippen molar-refractivity contribution in [3.63, 3.8) is 0 Å². The van der Waals surface area contributed by atoms with Gasteiger partial charge in [0.2, 0.25) is 0 Å². The van der Waals surface area contributed by atoms with Crippen molar-refractivity contribution in [2.24, 2.45) is 0 Å². The van der Waals surface area contributed by atoms with E-state index >= 15 is 0 Å². The van der Waals surface area contributed by atoms with Gasteiger partial charge >= 0.3 is 0 Å². The van der Waals surface area contributed by atoms with E-state index in [1.54, 1.807) is 0 Å². The summed E-state index contributed by atoms with van der Waals surface area (Å²) in [6, 6.07) is 57.8. The van der Waals surface area contributed by atoms with Gasteiger partial charge in [0.15, 0.2) is 0 Å². The van der Waals surface area contributed by atoms with Crippen LogP contribution in [0.4, 0.5) is 34.1 Å². The van der Waals surface area contributed by atoms with E-state index in [2.05, 4.69) is 259 Å². The van der Waals surface area contributed by atoms with E-state index in [1.165, 1.54) is 132 Å². The normalized spacial score (nSPS) is 17.6. The molecule has 0 fully saturated rings. The average molecular weight is 1010 g/mol. The van der Waals surface area contributed by atoms with Crippen LogP contribution in [-0.2, 0) is 32.5 Å². The molecule has 0 atom stereocenters. The van der Waals surface area contributed by atoms with Gasteiger partial charge in [0.1, 0.15) is 0 Å². The molecule has 4 aliphatic rings. The van der Waals surface area contributed by atoms with Gasteiger partial charge in [0.05, 0.1) is 5.69 Å². The van der Waals surface area contributed by atoms with Gasteiger partial charge < -0.3 is 9.80 Å². The Morgan fingerprint density at radius 3 is 1.70 bits per heavy atom. The molecule has 0 saturated carbocycles. The highest BCUT2D eigenvalue weighted by molar-refractivity contribution is 7.26. The van der Waals surface area contributed by atoms with Gasteiger partial charge in [-0.2, -0.15) is 0 Å². The molecule has 76 heavy (non-hydrogen) atoms. The molecule has 4 heteroatoms. The van der Waals surface area contributed by atoms with Gasteiger partial charge in [-0.1, -0.05) is 188 Å². The molecule has 0 bridgehead atoms. The molecule has 0 radical (unpaired) electrons. The third-order valence-corrected chi connectivity index (χ3v) is 19.9. The van der Waals surface area contributed by atoms with Crippen LogP contribution < -0.4 is 26.2 Å². The molecule has 2 aliphatic carbocycles. The first-order chi connectivity index (χ1) is 35.8. The topological polar surface area (TPSA) is 6.48 Å². The minimum Gasteiger partial charge on any atom is -0.311 e. The Morgan fingerprint density at radius 2 is 1.01 bits per heavy atom. The highest BCUT2D eigenvalue weighted by Gasteiger charge is 2.49. The Hall–Kier alpha value is -6.36. The summed E-state index contributed by atoms with van der Waals surface area (Å²) in [6.45, 7) is 36.5. The second-order valence-corrected chi connectivity index (χ2v) is 29.1. The van der Waals surface area contributed by atoms with Gasteiger partial charge in [-0.25, -0.2) is 0 Å². The smallest absolute Gasteiger partial charge is 0.252 e. The summed E-state index contributed by atoms with van der Waals surface area (Å²) in [7, 11) is 0. The fraction of sp³-hybridized carbons (Fsp3) is 0.333. The number of aryl methyl sites for hydroxylation is 1. The molecular weight excluding hydrogens is 936 g/mol. The fourth-order valence-electron chi connectivity index (χ4n) is 14.6. The molecule has 13 rings (SSSR count). The molecule has 1 aromatic heterocycles. The van der Waals surface area contributed by atoms with Crippen LogP contribution in [0.2, 0.25) is 0 Å². The molecule has 9 aromatic rings. The van der Waals surface area contributed by atoms with Crippen LogP contribution in [0.15, 0.2) is 146 Å². The molecule has 8 aromatic carbocycles. The van der Waals surface area contributed by atoms with E-state index in [0.717, 1.165) is 19.3 Å². The number of fused-ring (bicyclic) bond motifs is 9. The highest BCUT2D eigenvalue weighted by atomic mass is 32.1. The van der Waals surface area contributed by atoms with E-state index in [9.17, 15) is 0 Å². The maximum atomic E-state index is 2.74. The quantitative estimate of drug-likeness (QED) is 0.162. The molecule has 0 unspecified atom stereocenters. The lowest BCUT2D eigenvalue weighted by atomic mass is 9.33. The number of thiophene rings is 1. The van der Waals surface area contributed by atoms with Crippen molar-refractivity contribution in [1.29, 1.82) is 0 Å². The zero-order valence-corrected chi connectivity index (χ0v) is 48.7. The van der Waals surface area contributed by atoms with Crippen molar-refractivity contribution in [2.45, 2.75) is 156 Å². The zero-order valence-electron chi connectivity index (χ0n) is 47.9. The van der Waals surface area contributed by atoms with Gasteiger partial charge in [-0.05, 0) is 185 Å². The average Bonchev–Trinajstić information content (AvgIpc) is 4.00. The first kappa shape index (κ1) is 49.2. The summed E-state index contributed by atoms with van der Waals surface area (Å²) in [5.41, 5.74) is 26.7. The predicted octanol–water partition coefficient (Wildman–Crippen LogP) is 18.7. The lowest BCUT2D eigenvalue weighted by Gasteiger charge is -2.48. The van der Waals surface area contributed by atoms with Crippen LogP contribution in [0.1, 0.15) is 155 Å². The Morgan fingerprint density at radius 1 is 0.434 bits per heavy atom. The number of benzene rings is 8. The zero-order chi connectivity index (χ0) is 53.4. The molecule has 0 N–H and O–H groups in total. The first-order valence-corrected chi connectivity index (χ1v) is 29.0. The molecule has 382 valence electrons. The molecular formula is C72H75BN2S. The molecule has 0 spiro atoms. The van der Waals surface area contributed by atoms with E-state index in [1.807, 2.05) is 11.3 Å². The third-order valence-electron chi connectivity index (χ3n) is 18.7. The molecule has 3 heterocycles. The highest BCUT2D eigenvalue weighted by Crippen LogP contribution is 2.56. The summed E-state index contributed by atoms with van der Waals surface area (Å²) in [5.74, 6) is 0. The Kier molecular flexibility index (Phi) is 10.6. The Bertz CT molecular complexity index is 3910. The monoisotopic (exact) mass is 1010 g/mol. The summed E-state index contributed by atoms with van der Waals surface area (Å²) >= 11 is 1.90. The minimum atomic E-state index is -0.157. The standard InChI is InChI=1S/C72H75BN2S/c1-43-34-51-54(72(14,15)42-71(51,12)13)40-58(43)75-59-35-45(48-25-21-27-64-65(48)49-24-19-20-26-63(49)76-64)28-30-55(59)73-56-39-52-53(70(10,11)33-32-69(52,8)9)41-60(56)74(61-37-47(68(5,6)7)38-62(75)66(61)73)57-31-29-46(67(2,3)4)36-50(57)44-22-17-16-18-23-44/h16-31,34-41H,32-33,42H2,1-15H3. The Balaban J connectivity index is 1.18. The molecule has 2 aliphatic heterocycles. The predicted molar refractivity (Wildman–Crippen MR) is 332 cm³/mol. The number of nitrogens with zero attached hydrogens (tertiary/aromatic N) is 2.